The Bertz CT molecular complexity index is 851. The van der Waals surface area contributed by atoms with Crippen molar-refractivity contribution in [1.29, 1.82) is 0 Å². The van der Waals surface area contributed by atoms with Crippen LogP contribution in [-0.4, -0.2) is 58.6 Å². The molecule has 0 saturated carbocycles. The summed E-state index contributed by atoms with van der Waals surface area (Å²) in [5, 5.41) is 1.93. The summed E-state index contributed by atoms with van der Waals surface area (Å²) in [5.41, 5.74) is 1.09. The summed E-state index contributed by atoms with van der Waals surface area (Å²) >= 11 is 1.53. The Balaban J connectivity index is 1.71. The highest BCUT2D eigenvalue weighted by molar-refractivity contribution is 7.09. The molecule has 0 N–H and O–H groups in total. The van der Waals surface area contributed by atoms with Crippen LogP contribution in [0, 0.1) is 0 Å². The van der Waals surface area contributed by atoms with E-state index in [1.54, 1.807) is 4.90 Å². The summed E-state index contributed by atoms with van der Waals surface area (Å²) in [6, 6.07) is 12.8. The van der Waals surface area contributed by atoms with Crippen LogP contribution in [0.15, 0.2) is 47.8 Å². The molecule has 2 aromatic rings. The van der Waals surface area contributed by atoms with E-state index in [-0.39, 0.29) is 5.91 Å². The molecule has 8 heteroatoms. The molecule has 0 aliphatic carbocycles. The lowest BCUT2D eigenvalue weighted by Gasteiger charge is -2.24. The molecule has 1 saturated heterocycles. The molecule has 2 heterocycles. The Morgan fingerprint density at radius 3 is 2.37 bits per heavy atom. The van der Waals surface area contributed by atoms with Crippen LogP contribution in [0.2, 0.25) is 0 Å². The zero-order chi connectivity index (χ0) is 19.4. The van der Waals surface area contributed by atoms with Crippen LogP contribution < -0.4 is 0 Å². The van der Waals surface area contributed by atoms with E-state index in [1.807, 2.05) is 47.8 Å². The Morgan fingerprint density at radius 2 is 1.78 bits per heavy atom. The normalized spacial score (nSPS) is 14.2. The van der Waals surface area contributed by atoms with Gasteiger partial charge in [-0.15, -0.1) is 11.3 Å². The Hall–Kier alpha value is -3.00. The lowest BCUT2D eigenvalue weighted by molar-refractivity contribution is -0.144. The first-order valence-corrected chi connectivity index (χ1v) is 9.33. The minimum Gasteiger partial charge on any atom is -0.336 e. The fraction of sp³-hybridized carbons (Fsp3) is 0.263. The molecule has 27 heavy (non-hydrogen) atoms. The molecule has 7 nitrogen and oxygen atoms in total. The molecule has 0 radical (unpaired) electrons. The SMILES string of the molecule is CN1C(=O)C(=O)N(CC(=O)N(CCc2ccccc2)Cc2cccs2)C1=O. The number of benzene rings is 1. The van der Waals surface area contributed by atoms with E-state index in [2.05, 4.69) is 0 Å². The number of thiophene rings is 1. The van der Waals surface area contributed by atoms with E-state index in [0.717, 1.165) is 15.3 Å². The lowest BCUT2D eigenvalue weighted by atomic mass is 10.1. The Kier molecular flexibility index (Phi) is 5.66. The molecule has 0 bridgehead atoms. The molecule has 5 amide bonds. The number of nitrogens with zero attached hydrogens (tertiary/aromatic N) is 3. The molecular formula is C19H19N3O4S. The first kappa shape index (κ1) is 18.8. The number of carbonyl (C=O) groups excluding carboxylic acids is 4. The van der Waals surface area contributed by atoms with Crippen molar-refractivity contribution in [3.63, 3.8) is 0 Å². The van der Waals surface area contributed by atoms with Gasteiger partial charge >= 0.3 is 17.8 Å². The zero-order valence-electron chi connectivity index (χ0n) is 14.8. The van der Waals surface area contributed by atoms with Gasteiger partial charge in [-0.3, -0.25) is 19.3 Å². The molecule has 3 rings (SSSR count). The van der Waals surface area contributed by atoms with Crippen LogP contribution in [0.4, 0.5) is 4.79 Å². The number of likely N-dealkylation sites (N-methyl/N-ethyl adjacent to an activating group) is 1. The van der Waals surface area contributed by atoms with Gasteiger partial charge in [0.2, 0.25) is 5.91 Å². The Labute approximate surface area is 160 Å². The molecule has 1 fully saturated rings. The lowest BCUT2D eigenvalue weighted by Crippen LogP contribution is -2.43. The molecule has 140 valence electrons. The largest absolute Gasteiger partial charge is 0.336 e. The van der Waals surface area contributed by atoms with Gasteiger partial charge in [0.1, 0.15) is 6.54 Å². The van der Waals surface area contributed by atoms with Crippen molar-refractivity contribution in [1.82, 2.24) is 14.7 Å². The van der Waals surface area contributed by atoms with Crippen LogP contribution in [0.3, 0.4) is 0 Å². The molecule has 1 aliphatic heterocycles. The highest BCUT2D eigenvalue weighted by Gasteiger charge is 2.43. The van der Waals surface area contributed by atoms with Crippen LogP contribution in [0.5, 0.6) is 0 Å². The van der Waals surface area contributed by atoms with Gasteiger partial charge in [-0.05, 0) is 23.4 Å². The van der Waals surface area contributed by atoms with Gasteiger partial charge in [-0.1, -0.05) is 36.4 Å². The van der Waals surface area contributed by atoms with Crippen LogP contribution in [0.1, 0.15) is 10.4 Å². The molecule has 0 atom stereocenters. The van der Waals surface area contributed by atoms with Crippen molar-refractivity contribution in [2.24, 2.45) is 0 Å². The van der Waals surface area contributed by atoms with E-state index >= 15 is 0 Å². The van der Waals surface area contributed by atoms with Crippen molar-refractivity contribution in [2.75, 3.05) is 20.1 Å². The summed E-state index contributed by atoms with van der Waals surface area (Å²) in [7, 11) is 1.23. The number of imide groups is 2. The maximum atomic E-state index is 12.8. The average molecular weight is 385 g/mol. The first-order valence-electron chi connectivity index (χ1n) is 8.45. The topological polar surface area (TPSA) is 78.0 Å². The monoisotopic (exact) mass is 385 g/mol. The van der Waals surface area contributed by atoms with Crippen LogP contribution in [0.25, 0.3) is 0 Å². The standard InChI is InChI=1S/C19H19N3O4S/c1-20-17(24)18(25)22(19(20)26)13-16(23)21(12-15-8-5-11-27-15)10-9-14-6-3-2-4-7-14/h2-8,11H,9-10,12-13H2,1H3. The molecule has 0 spiro atoms. The van der Waals surface area contributed by atoms with E-state index in [4.69, 9.17) is 0 Å². The fourth-order valence-corrected chi connectivity index (χ4v) is 3.50. The highest BCUT2D eigenvalue weighted by Crippen LogP contribution is 2.15. The number of hydrogen-bond acceptors (Lipinski definition) is 5. The predicted molar refractivity (Wildman–Crippen MR) is 99.8 cm³/mol. The number of rotatable bonds is 7. The second kappa shape index (κ2) is 8.13. The van der Waals surface area contributed by atoms with Crippen molar-refractivity contribution in [3.05, 3.63) is 58.3 Å². The van der Waals surface area contributed by atoms with Gasteiger partial charge in [0.05, 0.1) is 6.54 Å². The van der Waals surface area contributed by atoms with E-state index in [1.165, 1.54) is 18.4 Å². The molecular weight excluding hydrogens is 366 g/mol. The van der Waals surface area contributed by atoms with Gasteiger partial charge in [-0.2, -0.15) is 0 Å². The van der Waals surface area contributed by atoms with Gasteiger partial charge in [-0.25, -0.2) is 9.69 Å². The van der Waals surface area contributed by atoms with E-state index in [0.29, 0.717) is 24.4 Å². The van der Waals surface area contributed by atoms with Gasteiger partial charge in [0.25, 0.3) is 0 Å². The minimum absolute atomic E-state index is 0.371. The summed E-state index contributed by atoms with van der Waals surface area (Å²) in [5.74, 6) is -2.25. The summed E-state index contributed by atoms with van der Waals surface area (Å²) in [6.45, 7) is 0.401. The van der Waals surface area contributed by atoms with Crippen molar-refractivity contribution in [3.8, 4) is 0 Å². The Morgan fingerprint density at radius 1 is 1.04 bits per heavy atom. The van der Waals surface area contributed by atoms with Gasteiger partial charge < -0.3 is 4.90 Å². The maximum Gasteiger partial charge on any atom is 0.334 e. The molecule has 1 aromatic heterocycles. The third-order valence-corrected chi connectivity index (χ3v) is 5.20. The summed E-state index contributed by atoms with van der Waals surface area (Å²) in [6.07, 6.45) is 0.651. The molecule has 1 aliphatic rings. The number of amides is 5. The van der Waals surface area contributed by atoms with Crippen LogP contribution >= 0.6 is 11.3 Å². The maximum absolute atomic E-state index is 12.8. The van der Waals surface area contributed by atoms with Crippen molar-refractivity contribution < 1.29 is 19.2 Å². The third kappa shape index (κ3) is 4.22. The van der Waals surface area contributed by atoms with Crippen LogP contribution in [-0.2, 0) is 27.3 Å². The first-order chi connectivity index (χ1) is 13.0. The molecule has 0 unspecified atom stereocenters. The highest BCUT2D eigenvalue weighted by atomic mass is 32.1. The quantitative estimate of drug-likeness (QED) is 0.537. The third-order valence-electron chi connectivity index (χ3n) is 4.34. The van der Waals surface area contributed by atoms with Crippen molar-refractivity contribution >= 4 is 35.1 Å². The van der Waals surface area contributed by atoms with E-state index < -0.39 is 24.4 Å². The molecule has 1 aromatic carbocycles. The van der Waals surface area contributed by atoms with E-state index in [9.17, 15) is 19.2 Å². The minimum atomic E-state index is -0.963. The number of carbonyl (C=O) groups is 4. The zero-order valence-corrected chi connectivity index (χ0v) is 15.6. The summed E-state index contributed by atoms with van der Waals surface area (Å²) < 4.78 is 0. The fourth-order valence-electron chi connectivity index (χ4n) is 2.78. The summed E-state index contributed by atoms with van der Waals surface area (Å²) in [4.78, 5) is 52.4. The number of urea groups is 1. The second-order valence-corrected chi connectivity index (χ2v) is 7.20. The predicted octanol–water partition coefficient (Wildman–Crippen LogP) is 1.74. The second-order valence-electron chi connectivity index (χ2n) is 6.17. The average Bonchev–Trinajstić information content (AvgIpc) is 3.26. The number of hydrogen-bond donors (Lipinski definition) is 0. The smallest absolute Gasteiger partial charge is 0.334 e. The van der Waals surface area contributed by atoms with Gasteiger partial charge in [0.15, 0.2) is 0 Å². The van der Waals surface area contributed by atoms with Gasteiger partial charge in [0, 0.05) is 18.5 Å². The van der Waals surface area contributed by atoms with Crippen molar-refractivity contribution in [2.45, 2.75) is 13.0 Å².